The van der Waals surface area contributed by atoms with Gasteiger partial charge in [-0.25, -0.2) is 9.98 Å². The Hall–Kier alpha value is -3.16. The van der Waals surface area contributed by atoms with E-state index < -0.39 is 0 Å². The number of aliphatic imine (C=N–C) groups is 1. The Morgan fingerprint density at radius 3 is 2.54 bits per heavy atom. The van der Waals surface area contributed by atoms with Crippen LogP contribution in [0.25, 0.3) is 16.8 Å². The van der Waals surface area contributed by atoms with Gasteiger partial charge in [0.25, 0.3) is 0 Å². The van der Waals surface area contributed by atoms with E-state index >= 15 is 0 Å². The molecule has 0 fully saturated rings. The van der Waals surface area contributed by atoms with Crippen LogP contribution in [-0.2, 0) is 0 Å². The molecule has 6 nitrogen and oxygen atoms in total. The highest BCUT2D eigenvalue weighted by Gasteiger charge is 2.25. The van der Waals surface area contributed by atoms with E-state index in [4.69, 9.17) is 21.5 Å². The van der Waals surface area contributed by atoms with Gasteiger partial charge >= 0.3 is 0 Å². The van der Waals surface area contributed by atoms with Crippen LogP contribution in [0, 0.1) is 19.3 Å². The first-order valence-electron chi connectivity index (χ1n) is 8.85. The summed E-state index contributed by atoms with van der Waals surface area (Å²) in [6, 6.07) is 6.27. The molecule has 0 atom stereocenters. The maximum Gasteiger partial charge on any atom is 0.186 e. The summed E-state index contributed by atoms with van der Waals surface area (Å²) >= 11 is 1.44. The second-order valence-electron chi connectivity index (χ2n) is 6.64. The highest BCUT2D eigenvalue weighted by Crippen LogP contribution is 2.33. The summed E-state index contributed by atoms with van der Waals surface area (Å²) in [5, 5.41) is 16.3. The summed E-state index contributed by atoms with van der Waals surface area (Å²) < 4.78 is 0. The van der Waals surface area contributed by atoms with E-state index in [1.165, 1.54) is 11.3 Å². The number of thiazole rings is 1. The molecule has 0 radical (unpaired) electrons. The average Bonchev–Trinajstić information content (AvgIpc) is 3.07. The van der Waals surface area contributed by atoms with Crippen LogP contribution in [-0.4, -0.2) is 22.9 Å². The highest BCUT2D eigenvalue weighted by atomic mass is 32.1. The summed E-state index contributed by atoms with van der Waals surface area (Å²) in [6.07, 6.45) is 8.88. The SMILES string of the molecule is CC(=[NH2+])C(=C1C=CC=C[NH2+]1)c1nc(-c2cc(C)cc(C)c2)c(C(N)=NC=N)s1. The lowest BCUT2D eigenvalue weighted by molar-refractivity contribution is -0.529. The quantitative estimate of drug-likeness (QED) is 0.454. The van der Waals surface area contributed by atoms with Gasteiger partial charge in [-0.15, -0.1) is 11.3 Å². The van der Waals surface area contributed by atoms with E-state index in [2.05, 4.69) is 37.0 Å². The fourth-order valence-electron chi connectivity index (χ4n) is 3.16. The molecule has 3 rings (SSSR count). The Morgan fingerprint density at radius 2 is 1.96 bits per heavy atom. The van der Waals surface area contributed by atoms with E-state index in [0.717, 1.165) is 49.9 Å². The number of rotatable bonds is 5. The van der Waals surface area contributed by atoms with Gasteiger partial charge < -0.3 is 5.73 Å². The number of hydrogen-bond donors (Lipinski definition) is 4. The lowest BCUT2D eigenvalue weighted by atomic mass is 10.0. The van der Waals surface area contributed by atoms with Crippen molar-refractivity contribution in [3.05, 3.63) is 69.3 Å². The minimum absolute atomic E-state index is 0.273. The van der Waals surface area contributed by atoms with Crippen molar-refractivity contribution >= 4 is 34.8 Å². The van der Waals surface area contributed by atoms with E-state index in [9.17, 15) is 0 Å². The molecule has 0 unspecified atom stereocenters. The largest absolute Gasteiger partial charge is 0.382 e. The Kier molecular flexibility index (Phi) is 5.77. The Morgan fingerprint density at radius 1 is 1.25 bits per heavy atom. The Balaban J connectivity index is 2.26. The summed E-state index contributed by atoms with van der Waals surface area (Å²) in [5.74, 6) is 0.273. The van der Waals surface area contributed by atoms with Crippen molar-refractivity contribution in [1.29, 1.82) is 5.41 Å². The third-order valence-corrected chi connectivity index (χ3v) is 5.32. The zero-order valence-electron chi connectivity index (χ0n) is 16.2. The third-order valence-electron chi connectivity index (χ3n) is 4.23. The predicted octanol–water partition coefficient (Wildman–Crippen LogP) is 1.32. The van der Waals surface area contributed by atoms with Crippen molar-refractivity contribution in [3.8, 4) is 11.3 Å². The molecule has 28 heavy (non-hydrogen) atoms. The number of nitrogens with two attached hydrogens (primary N) is 3. The molecule has 1 aromatic carbocycles. The molecule has 0 saturated heterocycles. The number of aromatic nitrogens is 1. The molecule has 1 aromatic heterocycles. The van der Waals surface area contributed by atoms with Crippen LogP contribution in [0.2, 0.25) is 0 Å². The number of amidine groups is 1. The molecular weight excluding hydrogens is 368 g/mol. The molecule has 0 amide bonds. The van der Waals surface area contributed by atoms with E-state index in [-0.39, 0.29) is 5.84 Å². The van der Waals surface area contributed by atoms with Crippen LogP contribution in [0.3, 0.4) is 0 Å². The summed E-state index contributed by atoms with van der Waals surface area (Å²) in [4.78, 5) is 9.62. The maximum atomic E-state index is 7.28. The predicted molar refractivity (Wildman–Crippen MR) is 116 cm³/mol. The fourth-order valence-corrected chi connectivity index (χ4v) is 4.29. The number of allylic oxidation sites excluding steroid dienone is 4. The molecule has 0 saturated carbocycles. The van der Waals surface area contributed by atoms with Gasteiger partial charge in [-0.05, 0) is 32.1 Å². The molecule has 1 aliphatic heterocycles. The lowest BCUT2D eigenvalue weighted by Crippen LogP contribution is -2.76. The van der Waals surface area contributed by atoms with Crippen LogP contribution in [0.5, 0.6) is 0 Å². The highest BCUT2D eigenvalue weighted by molar-refractivity contribution is 7.15. The summed E-state index contributed by atoms with van der Waals surface area (Å²) in [7, 11) is 0. The van der Waals surface area contributed by atoms with Crippen LogP contribution in [0.1, 0.15) is 27.9 Å². The fraction of sp³-hybridized carbons (Fsp3) is 0.143. The van der Waals surface area contributed by atoms with Crippen LogP contribution < -0.4 is 16.5 Å². The summed E-state index contributed by atoms with van der Waals surface area (Å²) in [6.45, 7) is 5.98. The normalized spacial score (nSPS) is 15.6. The molecule has 2 heterocycles. The Bertz CT molecular complexity index is 1050. The average molecular weight is 393 g/mol. The first-order valence-corrected chi connectivity index (χ1v) is 9.66. The molecule has 2 aromatic rings. The van der Waals surface area contributed by atoms with Crippen molar-refractivity contribution in [2.24, 2.45) is 10.7 Å². The van der Waals surface area contributed by atoms with Crippen molar-refractivity contribution in [2.75, 3.05) is 0 Å². The van der Waals surface area contributed by atoms with E-state index in [1.807, 2.05) is 36.7 Å². The Labute approximate surface area is 168 Å². The minimum Gasteiger partial charge on any atom is -0.382 e. The van der Waals surface area contributed by atoms with Crippen molar-refractivity contribution < 1.29 is 10.7 Å². The standard InChI is InChI=1S/C21H22N6S/c1-12-8-13(2)10-15(9-12)18-19(20(24)26-11-22)28-21(27-18)17(14(3)23)16-6-4-5-7-25-16/h4-11,23,25H,1-3H3,(H3,22,24,26)/p+2. The van der Waals surface area contributed by atoms with E-state index in [1.54, 1.807) is 0 Å². The van der Waals surface area contributed by atoms with Crippen molar-refractivity contribution in [2.45, 2.75) is 20.8 Å². The molecule has 142 valence electrons. The molecule has 0 spiro atoms. The van der Waals surface area contributed by atoms with Gasteiger partial charge in [0.1, 0.15) is 22.8 Å². The molecule has 7 heteroatoms. The van der Waals surface area contributed by atoms with Gasteiger partial charge in [-0.2, -0.15) is 0 Å². The van der Waals surface area contributed by atoms with E-state index in [0.29, 0.717) is 5.71 Å². The maximum absolute atomic E-state index is 7.28. The van der Waals surface area contributed by atoms with Gasteiger partial charge in [0, 0.05) is 18.6 Å². The number of aryl methyl sites for hydroxylation is 2. The second kappa shape index (κ2) is 8.24. The smallest absolute Gasteiger partial charge is 0.186 e. The first kappa shape index (κ1) is 19.6. The molecule has 0 aliphatic carbocycles. The minimum atomic E-state index is 0.273. The monoisotopic (exact) mass is 392 g/mol. The van der Waals surface area contributed by atoms with Crippen molar-refractivity contribution in [1.82, 2.24) is 4.98 Å². The first-order chi connectivity index (χ1) is 13.4. The summed E-state index contributed by atoms with van der Waals surface area (Å²) in [5.41, 5.74) is 12.7. The molecule has 7 N–H and O–H groups in total. The van der Waals surface area contributed by atoms with Gasteiger partial charge in [0.05, 0.1) is 16.8 Å². The number of benzene rings is 1. The van der Waals surface area contributed by atoms with Crippen LogP contribution >= 0.6 is 11.3 Å². The van der Waals surface area contributed by atoms with Gasteiger partial charge in [-0.3, -0.25) is 16.1 Å². The zero-order chi connectivity index (χ0) is 20.3. The molecule has 1 aliphatic rings. The second-order valence-corrected chi connectivity index (χ2v) is 7.64. The van der Waals surface area contributed by atoms with Gasteiger partial charge in [-0.1, -0.05) is 23.3 Å². The topological polar surface area (TPSA) is 117 Å². The lowest BCUT2D eigenvalue weighted by Gasteiger charge is -2.05. The number of nitrogens with one attached hydrogen (secondary N) is 1. The third kappa shape index (κ3) is 4.05. The zero-order valence-corrected chi connectivity index (χ0v) is 17.0. The van der Waals surface area contributed by atoms with Crippen LogP contribution in [0.15, 0.2) is 53.3 Å². The number of nitrogens with zero attached hydrogens (tertiary/aromatic N) is 2. The molecule has 0 bridgehead atoms. The van der Waals surface area contributed by atoms with Gasteiger partial charge in [0.2, 0.25) is 0 Å². The number of hydrogen-bond acceptors (Lipinski definition) is 3. The van der Waals surface area contributed by atoms with Gasteiger partial charge in [0.15, 0.2) is 11.4 Å². The number of quaternary nitrogens is 1. The van der Waals surface area contributed by atoms with Crippen LogP contribution in [0.4, 0.5) is 0 Å². The van der Waals surface area contributed by atoms with Crippen molar-refractivity contribution in [3.63, 3.8) is 0 Å². The molecular formula is C21H24N6S+2.